The van der Waals surface area contributed by atoms with E-state index in [9.17, 15) is 5.11 Å². The zero-order chi connectivity index (χ0) is 21.5. The maximum atomic E-state index is 10.1. The quantitative estimate of drug-likeness (QED) is 0.274. The summed E-state index contributed by atoms with van der Waals surface area (Å²) in [4.78, 5) is 6.65. The fraction of sp³-hybridized carbons (Fsp3) is 0.368. The standard InChI is InChI=1S/C19H24N6O2.2ClH.2H3N.Pt/c1-27-15-4-2-3-14(9-15)23-19-18-13(5-8-25(18)22-12-21-19)10-24-7-6-16(20)17(26)11-24;;;;;/h2-5,8-9,12,16-17,26H,6-7,10-11,20H2,1H3,(H,21,22,23);2*1H;2*1H3;/q;;;;;+2/p-2/t16-,17-;;;;;/m1...../s1. The number of aromatic nitrogens is 3. The summed E-state index contributed by atoms with van der Waals surface area (Å²) < 4.78 is 7.11. The van der Waals surface area contributed by atoms with Gasteiger partial charge in [-0.05, 0) is 30.2 Å². The SMILES string of the molecule is COc1cccc(Nc2ncnn3ccc(CN4CC[C@@H](N)[C@H](O)C4)c23)c1.N.N.[Cl][Pt][Cl]. The molecule has 2 atom stereocenters. The first-order chi connectivity index (χ1) is 14.5. The number of β-amino-alcohol motifs (C(OH)–C–C–N with tert-alkyl or cyclic N) is 1. The van der Waals surface area contributed by atoms with Crippen molar-refractivity contribution in [2.75, 3.05) is 25.5 Å². The number of benzene rings is 1. The molecule has 0 bridgehead atoms. The predicted octanol–water partition coefficient (Wildman–Crippen LogP) is 3.08. The zero-order valence-electron chi connectivity index (χ0n) is 17.7. The molecule has 1 aromatic carbocycles. The van der Waals surface area contributed by atoms with Crippen LogP contribution in [0, 0.1) is 0 Å². The van der Waals surface area contributed by atoms with E-state index in [0.29, 0.717) is 13.1 Å². The number of methoxy groups -OCH3 is 1. The summed E-state index contributed by atoms with van der Waals surface area (Å²) in [6.45, 7) is 2.15. The number of halogens is 2. The zero-order valence-corrected chi connectivity index (χ0v) is 21.5. The minimum atomic E-state index is -0.488. The van der Waals surface area contributed by atoms with E-state index in [4.69, 9.17) is 29.3 Å². The number of anilines is 2. The molecule has 0 amide bonds. The summed E-state index contributed by atoms with van der Waals surface area (Å²) in [6.07, 6.45) is 3.76. The molecule has 0 radical (unpaired) electrons. The van der Waals surface area contributed by atoms with E-state index in [1.807, 2.05) is 41.0 Å². The van der Waals surface area contributed by atoms with E-state index in [2.05, 4.69) is 20.3 Å². The molecule has 3 heterocycles. The summed E-state index contributed by atoms with van der Waals surface area (Å²) in [6, 6.07) is 9.62. The number of hydrogen-bond acceptors (Lipinski definition) is 9. The Balaban J connectivity index is 0.000000971. The summed E-state index contributed by atoms with van der Waals surface area (Å²) in [5, 5.41) is 17.7. The predicted molar refractivity (Wildman–Crippen MR) is 125 cm³/mol. The average molecular weight is 668 g/mol. The van der Waals surface area contributed by atoms with Crippen LogP contribution in [0.4, 0.5) is 11.5 Å². The molecular formula is C19H30Cl2N8O2Pt. The third-order valence-electron chi connectivity index (χ3n) is 4.98. The van der Waals surface area contributed by atoms with Crippen LogP contribution in [0.2, 0.25) is 0 Å². The first-order valence-electron chi connectivity index (χ1n) is 9.26. The Morgan fingerprint density at radius 2 is 2.06 bits per heavy atom. The van der Waals surface area contributed by atoms with Gasteiger partial charge in [-0.15, -0.1) is 0 Å². The summed E-state index contributed by atoms with van der Waals surface area (Å²) in [7, 11) is 11.4. The van der Waals surface area contributed by atoms with Crippen LogP contribution in [-0.4, -0.2) is 56.9 Å². The summed E-state index contributed by atoms with van der Waals surface area (Å²) in [5.41, 5.74) is 8.83. The van der Waals surface area contributed by atoms with Crippen LogP contribution in [-0.2, 0) is 23.0 Å². The van der Waals surface area contributed by atoms with Crippen LogP contribution in [0.1, 0.15) is 12.0 Å². The molecule has 1 aliphatic heterocycles. The van der Waals surface area contributed by atoms with Gasteiger partial charge in [0.15, 0.2) is 5.82 Å². The topological polar surface area (TPSA) is 171 Å². The van der Waals surface area contributed by atoms with Crippen molar-refractivity contribution in [3.8, 4) is 5.75 Å². The van der Waals surface area contributed by atoms with Gasteiger partial charge >= 0.3 is 35.3 Å². The van der Waals surface area contributed by atoms with Crippen molar-refractivity contribution in [3.63, 3.8) is 0 Å². The molecule has 0 saturated carbocycles. The third kappa shape index (κ3) is 7.26. The second kappa shape index (κ2) is 13.9. The fourth-order valence-corrected chi connectivity index (χ4v) is 3.47. The second-order valence-electron chi connectivity index (χ2n) is 6.90. The molecule has 32 heavy (non-hydrogen) atoms. The van der Waals surface area contributed by atoms with Crippen molar-refractivity contribution < 1.29 is 26.3 Å². The molecule has 10 N–H and O–H groups in total. The average Bonchev–Trinajstić information content (AvgIpc) is 3.15. The van der Waals surface area contributed by atoms with Crippen LogP contribution in [0.3, 0.4) is 0 Å². The number of fused-ring (bicyclic) bond motifs is 1. The summed E-state index contributed by atoms with van der Waals surface area (Å²) in [5.74, 6) is 1.51. The van der Waals surface area contributed by atoms with Crippen LogP contribution < -0.4 is 28.1 Å². The van der Waals surface area contributed by atoms with Gasteiger partial charge in [-0.25, -0.2) is 9.50 Å². The number of nitrogens with one attached hydrogen (secondary N) is 1. The van der Waals surface area contributed by atoms with Gasteiger partial charge < -0.3 is 33.2 Å². The minimum absolute atomic E-state index is 0. The Morgan fingerprint density at radius 3 is 2.75 bits per heavy atom. The molecule has 1 fully saturated rings. The normalized spacial score (nSPS) is 18.2. The maximum absolute atomic E-state index is 10.1. The molecular weight excluding hydrogens is 638 g/mol. The first kappa shape index (κ1) is 28.5. The van der Waals surface area contributed by atoms with Crippen molar-refractivity contribution in [2.45, 2.75) is 25.1 Å². The van der Waals surface area contributed by atoms with Gasteiger partial charge in [-0.1, -0.05) is 6.07 Å². The molecule has 13 heteroatoms. The number of piperidine rings is 1. The molecule has 182 valence electrons. The van der Waals surface area contributed by atoms with E-state index in [-0.39, 0.29) is 18.3 Å². The van der Waals surface area contributed by atoms with Gasteiger partial charge in [0.25, 0.3) is 0 Å². The number of nitrogens with two attached hydrogens (primary N) is 1. The Bertz CT molecular complexity index is 964. The van der Waals surface area contributed by atoms with Gasteiger partial charge in [-0.3, -0.25) is 4.90 Å². The Kier molecular flexibility index (Phi) is 12.4. The van der Waals surface area contributed by atoms with E-state index in [1.165, 1.54) is 6.33 Å². The molecule has 0 spiro atoms. The fourth-order valence-electron chi connectivity index (χ4n) is 3.47. The van der Waals surface area contributed by atoms with Gasteiger partial charge in [0.2, 0.25) is 0 Å². The molecule has 1 saturated heterocycles. The molecule has 1 aliphatic rings. The van der Waals surface area contributed by atoms with E-state index < -0.39 is 22.6 Å². The molecule has 2 aromatic heterocycles. The number of nitrogens with zero attached hydrogens (tertiary/aromatic N) is 4. The Morgan fingerprint density at radius 1 is 1.31 bits per heavy atom. The van der Waals surface area contributed by atoms with Crippen molar-refractivity contribution in [3.05, 3.63) is 48.4 Å². The van der Waals surface area contributed by atoms with E-state index >= 15 is 0 Å². The van der Waals surface area contributed by atoms with Gasteiger partial charge in [0.1, 0.15) is 17.6 Å². The second-order valence-corrected chi connectivity index (χ2v) is 10.2. The van der Waals surface area contributed by atoms with Crippen molar-refractivity contribution >= 4 is 35.9 Å². The third-order valence-corrected chi connectivity index (χ3v) is 4.98. The van der Waals surface area contributed by atoms with Gasteiger partial charge in [0.05, 0.1) is 13.2 Å². The molecule has 0 unspecified atom stereocenters. The molecule has 0 aliphatic carbocycles. The van der Waals surface area contributed by atoms with E-state index in [1.54, 1.807) is 7.11 Å². The number of aliphatic hydroxyl groups is 1. The number of aliphatic hydroxyl groups excluding tert-OH is 1. The van der Waals surface area contributed by atoms with E-state index in [0.717, 1.165) is 41.3 Å². The van der Waals surface area contributed by atoms with Gasteiger partial charge in [-0.2, -0.15) is 5.10 Å². The molecule has 4 rings (SSSR count). The number of rotatable bonds is 5. The number of ether oxygens (including phenoxy) is 1. The first-order valence-corrected chi connectivity index (χ1v) is 14.9. The van der Waals surface area contributed by atoms with Crippen molar-refractivity contribution in [1.82, 2.24) is 31.8 Å². The number of hydrogen-bond donors (Lipinski definition) is 5. The monoisotopic (exact) mass is 667 g/mol. The molecule has 10 nitrogen and oxygen atoms in total. The van der Waals surface area contributed by atoms with Gasteiger partial charge in [0, 0.05) is 43.6 Å². The Labute approximate surface area is 204 Å². The summed E-state index contributed by atoms with van der Waals surface area (Å²) >= 11 is -0.472. The van der Waals surface area contributed by atoms with Crippen molar-refractivity contribution in [1.29, 1.82) is 0 Å². The van der Waals surface area contributed by atoms with Crippen molar-refractivity contribution in [2.24, 2.45) is 5.73 Å². The van der Waals surface area contributed by atoms with Crippen LogP contribution in [0.15, 0.2) is 42.9 Å². The number of likely N-dealkylation sites (tertiary alicyclic amines) is 1. The van der Waals surface area contributed by atoms with Crippen LogP contribution >= 0.6 is 18.8 Å². The van der Waals surface area contributed by atoms with Crippen LogP contribution in [0.25, 0.3) is 5.52 Å². The Hall–Kier alpha value is -1.49. The van der Waals surface area contributed by atoms with Crippen LogP contribution in [0.5, 0.6) is 5.75 Å². The molecule has 3 aromatic rings.